The summed E-state index contributed by atoms with van der Waals surface area (Å²) in [7, 11) is 0. The summed E-state index contributed by atoms with van der Waals surface area (Å²) < 4.78 is 5.69. The van der Waals surface area contributed by atoms with Gasteiger partial charge < -0.3 is 10.1 Å². The number of amides is 1. The van der Waals surface area contributed by atoms with Crippen molar-refractivity contribution in [2.45, 2.75) is 20.8 Å². The lowest BCUT2D eigenvalue weighted by molar-refractivity contribution is 0.0527. The maximum atomic E-state index is 12.4. The number of halogens is 1. The number of anilines is 1. The number of nitrogens with zero attached hydrogens (tertiary/aromatic N) is 1. The van der Waals surface area contributed by atoms with Gasteiger partial charge in [0.1, 0.15) is 5.00 Å². The summed E-state index contributed by atoms with van der Waals surface area (Å²) in [6, 6.07) is 1.61. The van der Waals surface area contributed by atoms with Crippen LogP contribution in [0.2, 0.25) is 0 Å². The van der Waals surface area contributed by atoms with Crippen LogP contribution >= 0.6 is 27.3 Å². The van der Waals surface area contributed by atoms with E-state index in [0.29, 0.717) is 25.5 Å². The minimum Gasteiger partial charge on any atom is -0.462 e. The Balaban J connectivity index is 2.41. The van der Waals surface area contributed by atoms with Crippen molar-refractivity contribution in [3.05, 3.63) is 44.5 Å². The van der Waals surface area contributed by atoms with Crippen LogP contribution in [0.4, 0.5) is 5.00 Å². The van der Waals surface area contributed by atoms with Crippen LogP contribution in [0.25, 0.3) is 0 Å². The van der Waals surface area contributed by atoms with Gasteiger partial charge in [-0.25, -0.2) is 4.79 Å². The highest BCUT2D eigenvalue weighted by Gasteiger charge is 2.25. The summed E-state index contributed by atoms with van der Waals surface area (Å²) >= 11 is 4.31. The Morgan fingerprint density at radius 2 is 2.04 bits per heavy atom. The number of rotatable bonds is 5. The second kappa shape index (κ2) is 7.67. The van der Waals surface area contributed by atoms with Gasteiger partial charge in [-0.1, -0.05) is 0 Å². The first-order chi connectivity index (χ1) is 11.3. The Morgan fingerprint density at radius 3 is 2.62 bits per heavy atom. The number of Topliss-reactive ketones (excluding diaryl/α,β-unsaturated/α-hetero) is 1. The zero-order chi connectivity index (χ0) is 17.9. The number of hydrogen-bond acceptors (Lipinski definition) is 6. The molecule has 0 aliphatic carbocycles. The highest BCUT2D eigenvalue weighted by atomic mass is 79.9. The molecule has 1 N–H and O–H groups in total. The highest BCUT2D eigenvalue weighted by Crippen LogP contribution is 2.34. The van der Waals surface area contributed by atoms with Gasteiger partial charge in [-0.2, -0.15) is 0 Å². The van der Waals surface area contributed by atoms with E-state index in [1.54, 1.807) is 26.1 Å². The third-order valence-electron chi connectivity index (χ3n) is 3.14. The van der Waals surface area contributed by atoms with Gasteiger partial charge in [-0.05, 0) is 48.3 Å². The standard InChI is InChI=1S/C16H15BrN2O4S/c1-4-23-16(22)12-8(2)13(9(3)20)24-15(12)19-14(21)10-5-11(17)7-18-6-10/h5-7H,4H2,1-3H3,(H,19,21). The molecule has 0 fully saturated rings. The smallest absolute Gasteiger partial charge is 0.341 e. The first-order valence-electron chi connectivity index (χ1n) is 7.08. The molecule has 24 heavy (non-hydrogen) atoms. The molecular weight excluding hydrogens is 396 g/mol. The molecule has 0 radical (unpaired) electrons. The van der Waals surface area contributed by atoms with Crippen LogP contribution in [0.15, 0.2) is 22.9 Å². The number of ketones is 1. The summed E-state index contributed by atoms with van der Waals surface area (Å²) in [4.78, 5) is 40.7. The second-order valence-corrected chi connectivity index (χ2v) is 6.82. The van der Waals surface area contributed by atoms with Gasteiger partial charge in [0, 0.05) is 16.9 Å². The number of thiophene rings is 1. The van der Waals surface area contributed by atoms with E-state index in [9.17, 15) is 14.4 Å². The van der Waals surface area contributed by atoms with Crippen molar-refractivity contribution in [1.29, 1.82) is 0 Å². The maximum Gasteiger partial charge on any atom is 0.341 e. The quantitative estimate of drug-likeness (QED) is 0.597. The van der Waals surface area contributed by atoms with Crippen molar-refractivity contribution in [2.75, 3.05) is 11.9 Å². The fraction of sp³-hybridized carbons (Fsp3) is 0.250. The molecule has 0 atom stereocenters. The van der Waals surface area contributed by atoms with Crippen molar-refractivity contribution in [3.63, 3.8) is 0 Å². The summed E-state index contributed by atoms with van der Waals surface area (Å²) in [6.07, 6.45) is 2.97. The molecule has 0 saturated carbocycles. The average Bonchev–Trinajstić information content (AvgIpc) is 2.84. The third-order valence-corrected chi connectivity index (χ3v) is 4.88. The van der Waals surface area contributed by atoms with Crippen LogP contribution in [-0.2, 0) is 4.74 Å². The number of pyridine rings is 1. The molecule has 0 bridgehead atoms. The largest absolute Gasteiger partial charge is 0.462 e. The molecule has 8 heteroatoms. The molecule has 0 aliphatic heterocycles. The second-order valence-electron chi connectivity index (χ2n) is 4.88. The van der Waals surface area contributed by atoms with Gasteiger partial charge in [0.05, 0.1) is 22.6 Å². The average molecular weight is 411 g/mol. The molecule has 2 aromatic rings. The van der Waals surface area contributed by atoms with E-state index in [-0.39, 0.29) is 18.0 Å². The van der Waals surface area contributed by atoms with E-state index in [4.69, 9.17) is 4.74 Å². The third kappa shape index (κ3) is 3.88. The predicted octanol–water partition coefficient (Wildman–Crippen LogP) is 3.85. The maximum absolute atomic E-state index is 12.4. The van der Waals surface area contributed by atoms with Crippen LogP contribution in [0.5, 0.6) is 0 Å². The van der Waals surface area contributed by atoms with E-state index in [1.165, 1.54) is 13.1 Å². The number of carbonyl (C=O) groups excluding carboxylic acids is 3. The SMILES string of the molecule is CCOC(=O)c1c(NC(=O)c2cncc(Br)c2)sc(C(C)=O)c1C. The highest BCUT2D eigenvalue weighted by molar-refractivity contribution is 9.10. The van der Waals surface area contributed by atoms with Crippen LogP contribution in [-0.4, -0.2) is 29.3 Å². The lowest BCUT2D eigenvalue weighted by Crippen LogP contribution is -2.15. The van der Waals surface area contributed by atoms with Gasteiger partial charge >= 0.3 is 5.97 Å². The number of nitrogens with one attached hydrogen (secondary N) is 1. The van der Waals surface area contributed by atoms with Crippen molar-refractivity contribution in [3.8, 4) is 0 Å². The van der Waals surface area contributed by atoms with Crippen LogP contribution < -0.4 is 5.32 Å². The van der Waals surface area contributed by atoms with Crippen LogP contribution in [0, 0.1) is 6.92 Å². The Labute approximate surface area is 151 Å². The topological polar surface area (TPSA) is 85.4 Å². The fourth-order valence-electron chi connectivity index (χ4n) is 2.10. The zero-order valence-corrected chi connectivity index (χ0v) is 15.7. The van der Waals surface area contributed by atoms with Crippen molar-refractivity contribution in [2.24, 2.45) is 0 Å². The van der Waals surface area contributed by atoms with Gasteiger partial charge in [0.15, 0.2) is 5.78 Å². The first kappa shape index (κ1) is 18.3. The van der Waals surface area contributed by atoms with Crippen LogP contribution in [0.1, 0.15) is 49.8 Å². The lowest BCUT2D eigenvalue weighted by atomic mass is 10.1. The Kier molecular flexibility index (Phi) is 5.84. The molecule has 0 aromatic carbocycles. The van der Waals surface area contributed by atoms with E-state index >= 15 is 0 Å². The van der Waals surface area contributed by atoms with Crippen LogP contribution in [0.3, 0.4) is 0 Å². The van der Waals surface area contributed by atoms with Crippen molar-refractivity contribution >= 4 is 49.9 Å². The lowest BCUT2D eigenvalue weighted by Gasteiger charge is -2.07. The summed E-state index contributed by atoms with van der Waals surface area (Å²) in [5, 5.41) is 2.97. The van der Waals surface area contributed by atoms with Gasteiger partial charge in [0.2, 0.25) is 0 Å². The molecule has 0 unspecified atom stereocenters. The molecule has 2 heterocycles. The number of esters is 1. The number of hydrogen-bond donors (Lipinski definition) is 1. The molecule has 1 amide bonds. The molecule has 2 aromatic heterocycles. The Hall–Kier alpha value is -2.06. The van der Waals surface area contributed by atoms with Gasteiger partial charge in [-0.3, -0.25) is 14.6 Å². The Bertz CT molecular complexity index is 816. The molecular formula is C16H15BrN2O4S. The molecule has 126 valence electrons. The molecule has 0 saturated heterocycles. The summed E-state index contributed by atoms with van der Waals surface area (Å²) in [5.41, 5.74) is 1.05. The van der Waals surface area contributed by atoms with E-state index < -0.39 is 11.9 Å². The predicted molar refractivity (Wildman–Crippen MR) is 94.9 cm³/mol. The Morgan fingerprint density at radius 1 is 1.33 bits per heavy atom. The van der Waals surface area contributed by atoms with E-state index in [1.807, 2.05) is 0 Å². The molecule has 6 nitrogen and oxygen atoms in total. The molecule has 0 aliphatic rings. The number of carbonyl (C=O) groups is 3. The number of aromatic nitrogens is 1. The first-order valence-corrected chi connectivity index (χ1v) is 8.69. The summed E-state index contributed by atoms with van der Waals surface area (Å²) in [5.74, 6) is -1.17. The van der Waals surface area contributed by atoms with E-state index in [2.05, 4.69) is 26.2 Å². The number of ether oxygens (including phenoxy) is 1. The summed E-state index contributed by atoms with van der Waals surface area (Å²) in [6.45, 7) is 4.97. The monoisotopic (exact) mass is 410 g/mol. The normalized spacial score (nSPS) is 10.3. The fourth-order valence-corrected chi connectivity index (χ4v) is 3.55. The minimum atomic E-state index is -0.568. The van der Waals surface area contributed by atoms with E-state index in [0.717, 1.165) is 11.3 Å². The van der Waals surface area contributed by atoms with Gasteiger partial charge in [0.25, 0.3) is 5.91 Å². The zero-order valence-electron chi connectivity index (χ0n) is 13.3. The van der Waals surface area contributed by atoms with Crippen molar-refractivity contribution in [1.82, 2.24) is 4.98 Å². The molecule has 2 rings (SSSR count). The van der Waals surface area contributed by atoms with Crippen molar-refractivity contribution < 1.29 is 19.1 Å². The van der Waals surface area contributed by atoms with Gasteiger partial charge in [-0.15, -0.1) is 11.3 Å². The minimum absolute atomic E-state index is 0.173. The molecule has 0 spiro atoms.